The summed E-state index contributed by atoms with van der Waals surface area (Å²) < 4.78 is 5.69. The van der Waals surface area contributed by atoms with Crippen molar-refractivity contribution < 1.29 is 9.53 Å². The molecule has 3 heterocycles. The second-order valence-electron chi connectivity index (χ2n) is 5.52. The molecule has 4 rings (SSSR count). The Balaban J connectivity index is 1.43. The SMILES string of the molecule is O=C(/C=C/c1ccc2ccccc2n1)OCc1nc2ccsc2c(=O)[nH]1. The topological polar surface area (TPSA) is 84.9 Å². The second-order valence-corrected chi connectivity index (χ2v) is 6.43. The molecule has 0 aliphatic heterocycles. The number of pyridine rings is 1. The number of nitrogens with zero attached hydrogens (tertiary/aromatic N) is 2. The molecule has 0 aliphatic carbocycles. The number of esters is 1. The molecule has 0 bridgehead atoms. The second kappa shape index (κ2) is 6.89. The molecule has 7 heteroatoms. The number of H-pyrrole nitrogens is 1. The smallest absolute Gasteiger partial charge is 0.331 e. The van der Waals surface area contributed by atoms with Gasteiger partial charge in [0.25, 0.3) is 5.56 Å². The highest BCUT2D eigenvalue weighted by Gasteiger charge is 2.06. The summed E-state index contributed by atoms with van der Waals surface area (Å²) in [5.74, 6) is -0.223. The van der Waals surface area contributed by atoms with E-state index in [2.05, 4.69) is 15.0 Å². The van der Waals surface area contributed by atoms with Crippen LogP contribution in [-0.4, -0.2) is 20.9 Å². The number of carbonyl (C=O) groups excluding carboxylic acids is 1. The summed E-state index contributed by atoms with van der Waals surface area (Å²) in [7, 11) is 0. The van der Waals surface area contributed by atoms with Crippen LogP contribution in [0.1, 0.15) is 11.5 Å². The normalized spacial score (nSPS) is 11.4. The number of benzene rings is 1. The van der Waals surface area contributed by atoms with Gasteiger partial charge >= 0.3 is 5.97 Å². The van der Waals surface area contributed by atoms with E-state index in [1.165, 1.54) is 17.4 Å². The van der Waals surface area contributed by atoms with Crippen LogP contribution in [0.5, 0.6) is 0 Å². The van der Waals surface area contributed by atoms with E-state index in [1.807, 2.05) is 36.4 Å². The summed E-state index contributed by atoms with van der Waals surface area (Å²) in [6, 6.07) is 13.3. The fourth-order valence-electron chi connectivity index (χ4n) is 2.51. The summed E-state index contributed by atoms with van der Waals surface area (Å²) >= 11 is 1.32. The molecule has 0 saturated carbocycles. The molecule has 0 fully saturated rings. The molecule has 1 N–H and O–H groups in total. The quantitative estimate of drug-likeness (QED) is 0.444. The predicted molar refractivity (Wildman–Crippen MR) is 101 cm³/mol. The summed E-state index contributed by atoms with van der Waals surface area (Å²) in [5, 5.41) is 2.83. The Morgan fingerprint density at radius 3 is 2.92 bits per heavy atom. The van der Waals surface area contributed by atoms with Crippen molar-refractivity contribution in [3.8, 4) is 0 Å². The van der Waals surface area contributed by atoms with Crippen molar-refractivity contribution in [3.63, 3.8) is 0 Å². The van der Waals surface area contributed by atoms with Crippen LogP contribution in [0, 0.1) is 0 Å². The molecule has 0 spiro atoms. The van der Waals surface area contributed by atoms with Crippen molar-refractivity contribution in [1.82, 2.24) is 15.0 Å². The maximum atomic E-state index is 11.9. The van der Waals surface area contributed by atoms with Crippen LogP contribution in [0.4, 0.5) is 0 Å². The average molecular weight is 363 g/mol. The van der Waals surface area contributed by atoms with Crippen molar-refractivity contribution >= 4 is 44.5 Å². The molecule has 0 unspecified atom stereocenters. The standard InChI is InChI=1S/C19H13N3O3S/c23-17(8-7-13-6-5-12-3-1-2-4-14(12)20-13)25-11-16-21-15-9-10-26-18(15)19(24)22-16/h1-10H,11H2,(H,21,22,24)/b8-7+. The third-order valence-electron chi connectivity index (χ3n) is 3.73. The van der Waals surface area contributed by atoms with E-state index in [-0.39, 0.29) is 12.2 Å². The van der Waals surface area contributed by atoms with Crippen LogP contribution >= 0.6 is 11.3 Å². The van der Waals surface area contributed by atoms with Crippen LogP contribution < -0.4 is 5.56 Å². The van der Waals surface area contributed by atoms with Gasteiger partial charge in [0.15, 0.2) is 0 Å². The molecule has 0 amide bonds. The Kier molecular flexibility index (Phi) is 4.28. The number of nitrogens with one attached hydrogen (secondary N) is 1. The summed E-state index contributed by atoms with van der Waals surface area (Å²) in [4.78, 5) is 35.1. The number of hydrogen-bond donors (Lipinski definition) is 1. The van der Waals surface area contributed by atoms with E-state index >= 15 is 0 Å². The molecular formula is C19H13N3O3S. The van der Waals surface area contributed by atoms with E-state index in [9.17, 15) is 9.59 Å². The van der Waals surface area contributed by atoms with Crippen molar-refractivity contribution in [2.24, 2.45) is 0 Å². The molecule has 0 aliphatic rings. The lowest BCUT2D eigenvalue weighted by molar-refractivity contribution is -0.139. The fraction of sp³-hybridized carbons (Fsp3) is 0.0526. The van der Waals surface area contributed by atoms with Gasteiger partial charge in [-0.15, -0.1) is 11.3 Å². The molecule has 0 atom stereocenters. The van der Waals surface area contributed by atoms with Gasteiger partial charge in [0.2, 0.25) is 0 Å². The van der Waals surface area contributed by atoms with Gasteiger partial charge in [-0.3, -0.25) is 4.79 Å². The minimum absolute atomic E-state index is 0.102. The van der Waals surface area contributed by atoms with Gasteiger partial charge in [0, 0.05) is 11.5 Å². The maximum Gasteiger partial charge on any atom is 0.331 e. The van der Waals surface area contributed by atoms with Gasteiger partial charge in [-0.2, -0.15) is 0 Å². The maximum absolute atomic E-state index is 11.9. The van der Waals surface area contributed by atoms with Gasteiger partial charge < -0.3 is 9.72 Å². The first-order valence-electron chi connectivity index (χ1n) is 7.86. The zero-order valence-corrected chi connectivity index (χ0v) is 14.3. The van der Waals surface area contributed by atoms with Crippen LogP contribution in [0.15, 0.2) is 58.7 Å². The highest BCUT2D eigenvalue weighted by atomic mass is 32.1. The number of hydrogen-bond acceptors (Lipinski definition) is 6. The Morgan fingerprint density at radius 2 is 2.00 bits per heavy atom. The van der Waals surface area contributed by atoms with Crippen molar-refractivity contribution in [2.75, 3.05) is 0 Å². The highest BCUT2D eigenvalue weighted by Crippen LogP contribution is 2.14. The summed E-state index contributed by atoms with van der Waals surface area (Å²) in [6.45, 7) is -0.102. The molecule has 0 radical (unpaired) electrons. The van der Waals surface area contributed by atoms with Gasteiger partial charge in [0.1, 0.15) is 17.1 Å². The molecule has 1 aromatic carbocycles. The third kappa shape index (κ3) is 3.38. The van der Waals surface area contributed by atoms with Gasteiger partial charge in [-0.05, 0) is 29.7 Å². The van der Waals surface area contributed by atoms with Crippen molar-refractivity contribution in [3.05, 3.63) is 75.8 Å². The number of aromatic amines is 1. The Morgan fingerprint density at radius 1 is 1.12 bits per heavy atom. The minimum Gasteiger partial charge on any atom is -0.454 e. The minimum atomic E-state index is -0.534. The predicted octanol–water partition coefficient (Wildman–Crippen LogP) is 3.29. The lowest BCUT2D eigenvalue weighted by Crippen LogP contribution is -2.12. The van der Waals surface area contributed by atoms with E-state index in [1.54, 1.807) is 17.5 Å². The highest BCUT2D eigenvalue weighted by molar-refractivity contribution is 7.17. The Labute approximate surface area is 151 Å². The van der Waals surface area contributed by atoms with Gasteiger partial charge in [0.05, 0.1) is 16.7 Å². The zero-order chi connectivity index (χ0) is 17.9. The molecule has 3 aromatic heterocycles. The molecule has 4 aromatic rings. The number of ether oxygens (including phenoxy) is 1. The third-order valence-corrected chi connectivity index (χ3v) is 4.63. The van der Waals surface area contributed by atoms with Crippen LogP contribution in [0.25, 0.3) is 27.2 Å². The van der Waals surface area contributed by atoms with Crippen molar-refractivity contribution in [2.45, 2.75) is 6.61 Å². The average Bonchev–Trinajstić information content (AvgIpc) is 3.14. The number of carbonyl (C=O) groups is 1. The fourth-order valence-corrected chi connectivity index (χ4v) is 3.23. The molecule has 128 valence electrons. The lowest BCUT2D eigenvalue weighted by Gasteiger charge is -2.02. The van der Waals surface area contributed by atoms with E-state index < -0.39 is 5.97 Å². The largest absolute Gasteiger partial charge is 0.454 e. The molecule has 26 heavy (non-hydrogen) atoms. The van der Waals surface area contributed by atoms with Crippen LogP contribution in [0.2, 0.25) is 0 Å². The number of para-hydroxylation sites is 1. The van der Waals surface area contributed by atoms with Crippen LogP contribution in [-0.2, 0) is 16.1 Å². The van der Waals surface area contributed by atoms with Gasteiger partial charge in [-0.1, -0.05) is 24.3 Å². The Bertz CT molecular complexity index is 1190. The Hall–Kier alpha value is -3.32. The lowest BCUT2D eigenvalue weighted by atomic mass is 10.2. The van der Waals surface area contributed by atoms with E-state index in [0.29, 0.717) is 21.7 Å². The van der Waals surface area contributed by atoms with Gasteiger partial charge in [-0.25, -0.2) is 14.8 Å². The number of aromatic nitrogens is 3. The first kappa shape index (κ1) is 16.2. The van der Waals surface area contributed by atoms with E-state index in [4.69, 9.17) is 4.74 Å². The summed E-state index contributed by atoms with van der Waals surface area (Å²) in [5.41, 5.74) is 1.88. The zero-order valence-electron chi connectivity index (χ0n) is 13.5. The monoisotopic (exact) mass is 363 g/mol. The first-order chi connectivity index (χ1) is 12.7. The molecule has 0 saturated heterocycles. The number of thiophene rings is 1. The molecule has 6 nitrogen and oxygen atoms in total. The van der Waals surface area contributed by atoms with E-state index in [0.717, 1.165) is 10.9 Å². The molecular weight excluding hydrogens is 350 g/mol. The van der Waals surface area contributed by atoms with Crippen molar-refractivity contribution in [1.29, 1.82) is 0 Å². The first-order valence-corrected chi connectivity index (χ1v) is 8.74. The number of fused-ring (bicyclic) bond motifs is 2. The summed E-state index contributed by atoms with van der Waals surface area (Å²) in [6.07, 6.45) is 2.89. The van der Waals surface area contributed by atoms with Crippen LogP contribution in [0.3, 0.4) is 0 Å². The number of rotatable bonds is 4.